The number of pyridine rings is 1. The summed E-state index contributed by atoms with van der Waals surface area (Å²) in [5.74, 6) is -0.450. The molecular weight excluding hydrogens is 302 g/mol. The number of amides is 1. The van der Waals surface area contributed by atoms with Crippen molar-refractivity contribution in [3.8, 4) is 5.75 Å². The first kappa shape index (κ1) is 14.9. The number of hydrogen-bond acceptors (Lipinski definition) is 3. The van der Waals surface area contributed by atoms with E-state index in [0.29, 0.717) is 11.2 Å². The molecule has 1 amide bonds. The van der Waals surface area contributed by atoms with E-state index >= 15 is 0 Å². The van der Waals surface area contributed by atoms with Crippen molar-refractivity contribution in [2.75, 3.05) is 5.32 Å². The van der Waals surface area contributed by atoms with Gasteiger partial charge in [-0.15, -0.1) is 0 Å². The molecule has 0 saturated heterocycles. The fraction of sp³-hybridized carbons (Fsp3) is 0.0588. The molecule has 1 aromatic heterocycles. The summed E-state index contributed by atoms with van der Waals surface area (Å²) in [6, 6.07) is 16.6. The maximum absolute atomic E-state index is 12.2. The van der Waals surface area contributed by atoms with Crippen molar-refractivity contribution >= 4 is 22.5 Å². The van der Waals surface area contributed by atoms with Crippen LogP contribution in [0.3, 0.4) is 0 Å². The van der Waals surface area contributed by atoms with E-state index in [0.717, 1.165) is 5.39 Å². The molecule has 4 nitrogen and oxygen atoms in total. The number of nitrogens with one attached hydrogen (secondary N) is 1. The molecule has 3 aromatic rings. The van der Waals surface area contributed by atoms with E-state index in [-0.39, 0.29) is 11.4 Å². The quantitative estimate of drug-likeness (QED) is 0.789. The van der Waals surface area contributed by atoms with E-state index in [4.69, 9.17) is 0 Å². The second kappa shape index (κ2) is 6.39. The lowest BCUT2D eigenvalue weighted by atomic mass is 10.2. The Bertz CT molecular complexity index is 853. The molecule has 0 aliphatic rings. The molecule has 0 saturated carbocycles. The molecule has 1 heterocycles. The number of ether oxygens (including phenoxy) is 1. The highest BCUT2D eigenvalue weighted by Crippen LogP contribution is 2.20. The van der Waals surface area contributed by atoms with Crippen molar-refractivity contribution in [1.82, 2.24) is 4.98 Å². The molecule has 0 aliphatic carbocycles. The Labute approximate surface area is 130 Å². The Balaban J connectivity index is 1.80. The third-order valence-electron chi connectivity index (χ3n) is 3.15. The van der Waals surface area contributed by atoms with Crippen LogP contribution in [0.5, 0.6) is 5.75 Å². The van der Waals surface area contributed by atoms with Gasteiger partial charge in [-0.2, -0.15) is 8.78 Å². The second-order valence-corrected chi connectivity index (χ2v) is 4.75. The van der Waals surface area contributed by atoms with Crippen LogP contribution in [0.15, 0.2) is 60.7 Å². The van der Waals surface area contributed by atoms with Crippen molar-refractivity contribution in [1.29, 1.82) is 0 Å². The first-order valence-corrected chi connectivity index (χ1v) is 6.84. The van der Waals surface area contributed by atoms with Gasteiger partial charge >= 0.3 is 6.61 Å². The van der Waals surface area contributed by atoms with E-state index < -0.39 is 12.5 Å². The lowest BCUT2D eigenvalue weighted by Crippen LogP contribution is -2.13. The Morgan fingerprint density at radius 3 is 2.70 bits per heavy atom. The number of hydrogen-bond donors (Lipinski definition) is 1. The van der Waals surface area contributed by atoms with Gasteiger partial charge in [0, 0.05) is 17.1 Å². The minimum atomic E-state index is -2.91. The molecule has 0 atom stereocenters. The zero-order valence-electron chi connectivity index (χ0n) is 11.9. The van der Waals surface area contributed by atoms with Crippen molar-refractivity contribution in [2.45, 2.75) is 6.61 Å². The monoisotopic (exact) mass is 314 g/mol. The van der Waals surface area contributed by atoms with Gasteiger partial charge < -0.3 is 10.1 Å². The summed E-state index contributed by atoms with van der Waals surface area (Å²) in [7, 11) is 0. The normalized spacial score (nSPS) is 10.7. The van der Waals surface area contributed by atoms with Crippen LogP contribution in [0.25, 0.3) is 10.9 Å². The third-order valence-corrected chi connectivity index (χ3v) is 3.15. The van der Waals surface area contributed by atoms with Crippen LogP contribution in [-0.2, 0) is 0 Å². The van der Waals surface area contributed by atoms with E-state index in [1.807, 2.05) is 24.3 Å². The van der Waals surface area contributed by atoms with Crippen molar-refractivity contribution in [3.63, 3.8) is 0 Å². The van der Waals surface area contributed by atoms with Gasteiger partial charge in [0.1, 0.15) is 11.4 Å². The molecule has 0 aliphatic heterocycles. The summed E-state index contributed by atoms with van der Waals surface area (Å²) in [6.45, 7) is -2.91. The molecule has 0 unspecified atom stereocenters. The van der Waals surface area contributed by atoms with Gasteiger partial charge in [0.15, 0.2) is 0 Å². The fourth-order valence-corrected chi connectivity index (χ4v) is 2.14. The molecule has 1 N–H and O–H groups in total. The Morgan fingerprint density at radius 2 is 1.87 bits per heavy atom. The van der Waals surface area contributed by atoms with Crippen LogP contribution in [0.4, 0.5) is 14.5 Å². The highest BCUT2D eigenvalue weighted by molar-refractivity contribution is 6.04. The number of aromatic nitrogens is 1. The van der Waals surface area contributed by atoms with E-state index in [2.05, 4.69) is 15.0 Å². The predicted octanol–water partition coefficient (Wildman–Crippen LogP) is 4.09. The van der Waals surface area contributed by atoms with Gasteiger partial charge in [-0.25, -0.2) is 4.98 Å². The summed E-state index contributed by atoms with van der Waals surface area (Å²) < 4.78 is 28.7. The van der Waals surface area contributed by atoms with Gasteiger partial charge in [-0.05, 0) is 24.3 Å². The topological polar surface area (TPSA) is 51.2 Å². The maximum atomic E-state index is 12.2. The average molecular weight is 314 g/mol. The number of benzene rings is 2. The van der Waals surface area contributed by atoms with Gasteiger partial charge in [-0.3, -0.25) is 4.79 Å². The van der Waals surface area contributed by atoms with Crippen LogP contribution < -0.4 is 10.1 Å². The summed E-state index contributed by atoms with van der Waals surface area (Å²) in [6.07, 6.45) is 0. The summed E-state index contributed by atoms with van der Waals surface area (Å²) >= 11 is 0. The Morgan fingerprint density at radius 1 is 1.04 bits per heavy atom. The van der Waals surface area contributed by atoms with Crippen molar-refractivity contribution in [3.05, 3.63) is 66.4 Å². The molecule has 0 spiro atoms. The minimum Gasteiger partial charge on any atom is -0.435 e. The zero-order chi connectivity index (χ0) is 16.2. The molecule has 0 radical (unpaired) electrons. The summed E-state index contributed by atoms with van der Waals surface area (Å²) in [4.78, 5) is 16.5. The first-order valence-electron chi connectivity index (χ1n) is 6.84. The third kappa shape index (κ3) is 3.60. The van der Waals surface area contributed by atoms with Crippen LogP contribution >= 0.6 is 0 Å². The molecule has 0 bridgehead atoms. The summed E-state index contributed by atoms with van der Waals surface area (Å²) in [5.41, 5.74) is 1.29. The maximum Gasteiger partial charge on any atom is 0.387 e. The van der Waals surface area contributed by atoms with Crippen LogP contribution in [-0.4, -0.2) is 17.5 Å². The number of alkyl halides is 2. The number of carbonyl (C=O) groups excluding carboxylic acids is 1. The van der Waals surface area contributed by atoms with Crippen LogP contribution in [0.1, 0.15) is 10.5 Å². The Kier molecular flexibility index (Phi) is 4.14. The molecule has 23 heavy (non-hydrogen) atoms. The first-order chi connectivity index (χ1) is 11.1. The molecule has 6 heteroatoms. The zero-order valence-corrected chi connectivity index (χ0v) is 11.9. The average Bonchev–Trinajstić information content (AvgIpc) is 2.54. The lowest BCUT2D eigenvalue weighted by molar-refractivity contribution is -0.0497. The SMILES string of the molecule is O=C(Nc1cccc(OC(F)F)c1)c1ccc2ccccc2n1. The number of anilines is 1. The van der Waals surface area contributed by atoms with E-state index in [1.54, 1.807) is 18.2 Å². The number of para-hydroxylation sites is 1. The largest absolute Gasteiger partial charge is 0.435 e. The summed E-state index contributed by atoms with van der Waals surface area (Å²) in [5, 5.41) is 3.54. The van der Waals surface area contributed by atoms with Gasteiger partial charge in [0.25, 0.3) is 5.91 Å². The standard InChI is InChI=1S/C17H12F2N2O2/c18-17(19)23-13-6-3-5-12(10-13)20-16(22)15-9-8-11-4-1-2-7-14(11)21-15/h1-10,17H,(H,20,22). The molecular formula is C17H12F2N2O2. The van der Waals surface area contributed by atoms with Gasteiger partial charge in [0.2, 0.25) is 0 Å². The lowest BCUT2D eigenvalue weighted by Gasteiger charge is -2.08. The predicted molar refractivity (Wildman–Crippen MR) is 82.8 cm³/mol. The molecule has 2 aromatic carbocycles. The number of fused-ring (bicyclic) bond motifs is 1. The number of carbonyl (C=O) groups is 1. The number of rotatable bonds is 4. The fourth-order valence-electron chi connectivity index (χ4n) is 2.14. The molecule has 3 rings (SSSR count). The van der Waals surface area contributed by atoms with E-state index in [1.165, 1.54) is 18.2 Å². The van der Waals surface area contributed by atoms with Crippen molar-refractivity contribution < 1.29 is 18.3 Å². The molecule has 0 fully saturated rings. The van der Waals surface area contributed by atoms with Gasteiger partial charge in [-0.1, -0.05) is 30.3 Å². The smallest absolute Gasteiger partial charge is 0.387 e. The number of halogens is 2. The Hall–Kier alpha value is -3.02. The van der Waals surface area contributed by atoms with Crippen LogP contribution in [0.2, 0.25) is 0 Å². The molecule has 116 valence electrons. The van der Waals surface area contributed by atoms with E-state index in [9.17, 15) is 13.6 Å². The van der Waals surface area contributed by atoms with Crippen molar-refractivity contribution in [2.24, 2.45) is 0 Å². The van der Waals surface area contributed by atoms with Crippen LogP contribution in [0, 0.1) is 0 Å². The minimum absolute atomic E-state index is 0.0238. The highest BCUT2D eigenvalue weighted by atomic mass is 19.3. The second-order valence-electron chi connectivity index (χ2n) is 4.75. The highest BCUT2D eigenvalue weighted by Gasteiger charge is 2.10. The van der Waals surface area contributed by atoms with Gasteiger partial charge in [0.05, 0.1) is 5.52 Å². The number of nitrogens with zero attached hydrogens (tertiary/aromatic N) is 1.